The van der Waals surface area contributed by atoms with E-state index in [-0.39, 0.29) is 0 Å². The van der Waals surface area contributed by atoms with Crippen molar-refractivity contribution < 1.29 is 18.5 Å². The van der Waals surface area contributed by atoms with E-state index in [0.717, 1.165) is 19.2 Å². The molecule has 2 atom stereocenters. The molecule has 2 aliphatic heterocycles. The van der Waals surface area contributed by atoms with Gasteiger partial charge in [-0.1, -0.05) is 0 Å². The van der Waals surface area contributed by atoms with Crippen molar-refractivity contribution in [2.75, 3.05) is 26.2 Å². The Morgan fingerprint density at radius 2 is 1.90 bits per heavy atom. The lowest BCUT2D eigenvalue weighted by molar-refractivity contribution is -0.387. The molecular formula is C13H13F2N3O3. The lowest BCUT2D eigenvalue weighted by Crippen LogP contribution is -2.32. The van der Waals surface area contributed by atoms with Gasteiger partial charge in [0, 0.05) is 26.2 Å². The van der Waals surface area contributed by atoms with E-state index in [1.807, 2.05) is 0 Å². The molecule has 0 saturated carbocycles. The van der Waals surface area contributed by atoms with Crippen molar-refractivity contribution in [1.82, 2.24) is 10.2 Å². The molecule has 1 aromatic carbocycles. The van der Waals surface area contributed by atoms with Gasteiger partial charge in [0.25, 0.3) is 5.91 Å². The van der Waals surface area contributed by atoms with E-state index in [9.17, 15) is 23.7 Å². The SMILES string of the molecule is O=C(c1cc(F)cc([N+](=O)[O-])c1F)N1C[C@H]2CNC[C@H]2C1. The molecule has 112 valence electrons. The monoisotopic (exact) mass is 297 g/mol. The van der Waals surface area contributed by atoms with Crippen LogP contribution in [0.1, 0.15) is 10.4 Å². The summed E-state index contributed by atoms with van der Waals surface area (Å²) in [5.41, 5.74) is -1.59. The van der Waals surface area contributed by atoms with Crippen molar-refractivity contribution in [3.63, 3.8) is 0 Å². The molecule has 1 amide bonds. The summed E-state index contributed by atoms with van der Waals surface area (Å²) in [7, 11) is 0. The van der Waals surface area contributed by atoms with Crippen molar-refractivity contribution in [2.45, 2.75) is 0 Å². The summed E-state index contributed by atoms with van der Waals surface area (Å²) in [6, 6.07) is 1.20. The third kappa shape index (κ3) is 2.35. The number of likely N-dealkylation sites (tertiary alicyclic amines) is 1. The highest BCUT2D eigenvalue weighted by atomic mass is 19.1. The number of nitro benzene ring substituents is 1. The molecule has 1 aromatic rings. The highest BCUT2D eigenvalue weighted by molar-refractivity contribution is 5.95. The molecule has 0 radical (unpaired) electrons. The maximum Gasteiger partial charge on any atom is 0.308 e. The highest BCUT2D eigenvalue weighted by Gasteiger charge is 2.39. The zero-order chi connectivity index (χ0) is 15.1. The molecule has 8 heteroatoms. The van der Waals surface area contributed by atoms with Crippen LogP contribution in [0.15, 0.2) is 12.1 Å². The molecular weight excluding hydrogens is 284 g/mol. The van der Waals surface area contributed by atoms with E-state index in [1.165, 1.54) is 4.90 Å². The van der Waals surface area contributed by atoms with Gasteiger partial charge in [-0.15, -0.1) is 0 Å². The van der Waals surface area contributed by atoms with Crippen molar-refractivity contribution in [1.29, 1.82) is 0 Å². The number of fused-ring (bicyclic) bond motifs is 1. The van der Waals surface area contributed by atoms with E-state index in [1.54, 1.807) is 0 Å². The summed E-state index contributed by atoms with van der Waals surface area (Å²) < 4.78 is 27.4. The van der Waals surface area contributed by atoms with E-state index in [2.05, 4.69) is 5.32 Å². The van der Waals surface area contributed by atoms with Gasteiger partial charge in [-0.05, 0) is 17.9 Å². The topological polar surface area (TPSA) is 75.5 Å². The van der Waals surface area contributed by atoms with Crippen molar-refractivity contribution in [2.24, 2.45) is 11.8 Å². The van der Waals surface area contributed by atoms with Crippen LogP contribution < -0.4 is 5.32 Å². The summed E-state index contributed by atoms with van der Waals surface area (Å²) >= 11 is 0. The van der Waals surface area contributed by atoms with E-state index >= 15 is 0 Å². The van der Waals surface area contributed by atoms with Crippen molar-refractivity contribution in [3.8, 4) is 0 Å². The summed E-state index contributed by atoms with van der Waals surface area (Å²) in [5, 5.41) is 13.9. The van der Waals surface area contributed by atoms with Crippen LogP contribution in [-0.4, -0.2) is 41.9 Å². The van der Waals surface area contributed by atoms with Gasteiger partial charge in [0.15, 0.2) is 0 Å². The number of halogens is 2. The first kappa shape index (κ1) is 13.9. The highest BCUT2D eigenvalue weighted by Crippen LogP contribution is 2.29. The van der Waals surface area contributed by atoms with Gasteiger partial charge in [-0.3, -0.25) is 14.9 Å². The molecule has 2 aliphatic rings. The molecule has 0 aliphatic carbocycles. The number of hydrogen-bond acceptors (Lipinski definition) is 4. The number of nitro groups is 1. The summed E-state index contributed by atoms with van der Waals surface area (Å²) in [5.74, 6) is -2.35. The fraction of sp³-hybridized carbons (Fsp3) is 0.462. The fourth-order valence-corrected chi connectivity index (χ4v) is 3.05. The van der Waals surface area contributed by atoms with Crippen LogP contribution in [0.4, 0.5) is 14.5 Å². The second-order valence-corrected chi connectivity index (χ2v) is 5.43. The average molecular weight is 297 g/mol. The largest absolute Gasteiger partial charge is 0.338 e. The molecule has 2 fully saturated rings. The Bertz CT molecular complexity index is 611. The number of hydrogen-bond donors (Lipinski definition) is 1. The summed E-state index contributed by atoms with van der Waals surface area (Å²) in [6.07, 6.45) is 0. The van der Waals surface area contributed by atoms with Crippen LogP contribution in [0.2, 0.25) is 0 Å². The number of rotatable bonds is 2. The van der Waals surface area contributed by atoms with Crippen LogP contribution in [0.3, 0.4) is 0 Å². The first-order chi connectivity index (χ1) is 9.97. The van der Waals surface area contributed by atoms with Gasteiger partial charge < -0.3 is 10.2 Å². The minimum atomic E-state index is -1.28. The molecule has 21 heavy (non-hydrogen) atoms. The number of nitrogens with zero attached hydrogens (tertiary/aromatic N) is 2. The number of benzene rings is 1. The average Bonchev–Trinajstić information content (AvgIpc) is 3.00. The summed E-state index contributed by atoms with van der Waals surface area (Å²) in [4.78, 5) is 23.4. The van der Waals surface area contributed by atoms with Crippen LogP contribution in [0.25, 0.3) is 0 Å². The van der Waals surface area contributed by atoms with E-state index in [4.69, 9.17) is 0 Å². The normalized spacial score (nSPS) is 24.2. The molecule has 2 heterocycles. The van der Waals surface area contributed by atoms with Gasteiger partial charge in [0.1, 0.15) is 5.82 Å². The molecule has 6 nitrogen and oxygen atoms in total. The van der Waals surface area contributed by atoms with Gasteiger partial charge in [-0.25, -0.2) is 4.39 Å². The molecule has 0 unspecified atom stereocenters. The number of carbonyl (C=O) groups excluding carboxylic acids is 1. The maximum absolute atomic E-state index is 14.0. The predicted octanol–water partition coefficient (Wildman–Crippen LogP) is 1.16. The Morgan fingerprint density at radius 3 is 2.48 bits per heavy atom. The molecule has 0 spiro atoms. The number of nitrogens with one attached hydrogen (secondary N) is 1. The van der Waals surface area contributed by atoms with Crippen LogP contribution in [-0.2, 0) is 0 Å². The lowest BCUT2D eigenvalue weighted by atomic mass is 10.0. The lowest BCUT2D eigenvalue weighted by Gasteiger charge is -2.17. The van der Waals surface area contributed by atoms with Gasteiger partial charge in [0.05, 0.1) is 16.6 Å². The maximum atomic E-state index is 14.0. The second kappa shape index (κ2) is 5.03. The smallest absolute Gasteiger partial charge is 0.308 e. The second-order valence-electron chi connectivity index (χ2n) is 5.43. The molecule has 1 N–H and O–H groups in total. The van der Waals surface area contributed by atoms with Gasteiger partial charge >= 0.3 is 5.69 Å². The minimum Gasteiger partial charge on any atom is -0.338 e. The zero-order valence-electron chi connectivity index (χ0n) is 11.0. The Labute approximate surface area is 118 Å². The summed E-state index contributed by atoms with van der Waals surface area (Å²) in [6.45, 7) is 2.50. The first-order valence-corrected chi connectivity index (χ1v) is 6.61. The van der Waals surface area contributed by atoms with Crippen LogP contribution >= 0.6 is 0 Å². The molecule has 2 saturated heterocycles. The van der Waals surface area contributed by atoms with E-state index in [0.29, 0.717) is 31.0 Å². The van der Waals surface area contributed by atoms with Crippen molar-refractivity contribution in [3.05, 3.63) is 39.4 Å². The Morgan fingerprint density at radius 1 is 1.29 bits per heavy atom. The number of amides is 1. The van der Waals surface area contributed by atoms with E-state index < -0.39 is 33.7 Å². The Hall–Kier alpha value is -2.09. The third-order valence-corrected chi connectivity index (χ3v) is 4.12. The first-order valence-electron chi connectivity index (χ1n) is 6.61. The Kier molecular flexibility index (Phi) is 3.32. The molecule has 0 aromatic heterocycles. The van der Waals surface area contributed by atoms with Crippen LogP contribution in [0, 0.1) is 33.6 Å². The van der Waals surface area contributed by atoms with Crippen LogP contribution in [0.5, 0.6) is 0 Å². The Balaban J connectivity index is 1.90. The fourth-order valence-electron chi connectivity index (χ4n) is 3.05. The van der Waals surface area contributed by atoms with Crippen molar-refractivity contribution >= 4 is 11.6 Å². The quantitative estimate of drug-likeness (QED) is 0.656. The molecule has 0 bridgehead atoms. The standard InChI is InChI=1S/C13H13F2N3O3/c14-9-1-10(12(15)11(2-9)18(20)21)13(19)17-5-7-3-16-4-8(7)6-17/h1-2,7-8,16H,3-6H2/t7-,8+. The zero-order valence-corrected chi connectivity index (χ0v) is 11.0. The van der Waals surface area contributed by atoms with Gasteiger partial charge in [0.2, 0.25) is 5.82 Å². The third-order valence-electron chi connectivity index (χ3n) is 4.12. The minimum absolute atomic E-state index is 0.306. The molecule has 3 rings (SSSR count). The predicted molar refractivity (Wildman–Crippen MR) is 68.8 cm³/mol. The number of carbonyl (C=O) groups is 1. The van der Waals surface area contributed by atoms with Gasteiger partial charge in [-0.2, -0.15) is 4.39 Å².